The normalized spacial score (nSPS) is 12.3. The molecule has 0 atom stereocenters. The number of ketones is 1. The van der Waals surface area contributed by atoms with Crippen molar-refractivity contribution in [2.45, 2.75) is 33.6 Å². The average molecular weight is 175 g/mol. The number of carbonyl (C=O) groups is 1. The van der Waals surface area contributed by atoms with Crippen LogP contribution in [0.25, 0.3) is 0 Å². The Balaban J connectivity index is 3.63. The summed E-state index contributed by atoms with van der Waals surface area (Å²) in [4.78, 5) is 11.1. The number of halogens is 1. The first kappa shape index (κ1) is 10.7. The van der Waals surface area contributed by atoms with Gasteiger partial charge in [0.25, 0.3) is 0 Å². The summed E-state index contributed by atoms with van der Waals surface area (Å²) in [7, 11) is 0. The Hall–Kier alpha value is -0.300. The van der Waals surface area contributed by atoms with Gasteiger partial charge in [-0.2, -0.15) is 0 Å². The molecule has 0 aliphatic carbocycles. The topological polar surface area (TPSA) is 17.1 Å². The summed E-state index contributed by atoms with van der Waals surface area (Å²) in [6.07, 6.45) is 1.41. The van der Waals surface area contributed by atoms with Crippen molar-refractivity contribution in [2.24, 2.45) is 5.92 Å². The molecule has 0 aliphatic heterocycles. The predicted molar refractivity (Wildman–Crippen MR) is 48.7 cm³/mol. The quantitative estimate of drug-likeness (QED) is 0.640. The van der Waals surface area contributed by atoms with Gasteiger partial charge in [0.05, 0.1) is 0 Å². The van der Waals surface area contributed by atoms with Crippen LogP contribution < -0.4 is 0 Å². The van der Waals surface area contributed by atoms with Crippen molar-refractivity contribution in [3.63, 3.8) is 0 Å². The van der Waals surface area contributed by atoms with Crippen LogP contribution in [0.2, 0.25) is 0 Å². The molecule has 0 amide bonds. The maximum atomic E-state index is 11.1. The number of rotatable bonds is 4. The molecule has 0 heterocycles. The second kappa shape index (κ2) is 5.36. The Morgan fingerprint density at radius 2 is 2.00 bits per heavy atom. The van der Waals surface area contributed by atoms with Crippen molar-refractivity contribution in [1.29, 1.82) is 0 Å². The fourth-order valence-corrected chi connectivity index (χ4v) is 0.773. The van der Waals surface area contributed by atoms with E-state index in [2.05, 4.69) is 0 Å². The van der Waals surface area contributed by atoms with Crippen LogP contribution in [-0.4, -0.2) is 5.78 Å². The molecule has 0 radical (unpaired) electrons. The van der Waals surface area contributed by atoms with E-state index in [0.717, 1.165) is 12.0 Å². The van der Waals surface area contributed by atoms with Gasteiger partial charge in [-0.1, -0.05) is 31.0 Å². The SMILES string of the molecule is CC(=CCl)CCC(=O)C(C)C. The van der Waals surface area contributed by atoms with E-state index in [4.69, 9.17) is 11.6 Å². The highest BCUT2D eigenvalue weighted by Gasteiger charge is 2.05. The van der Waals surface area contributed by atoms with E-state index in [0.29, 0.717) is 12.2 Å². The highest BCUT2D eigenvalue weighted by molar-refractivity contribution is 6.25. The zero-order valence-corrected chi connectivity index (χ0v) is 8.11. The second-order valence-electron chi connectivity index (χ2n) is 3.08. The Labute approximate surface area is 73.4 Å². The molecule has 64 valence electrons. The lowest BCUT2D eigenvalue weighted by molar-refractivity contribution is -0.121. The zero-order valence-electron chi connectivity index (χ0n) is 7.36. The van der Waals surface area contributed by atoms with E-state index in [9.17, 15) is 4.79 Å². The fraction of sp³-hybridized carbons (Fsp3) is 0.667. The van der Waals surface area contributed by atoms with Crippen LogP contribution in [0.1, 0.15) is 33.6 Å². The van der Waals surface area contributed by atoms with E-state index >= 15 is 0 Å². The zero-order chi connectivity index (χ0) is 8.85. The minimum Gasteiger partial charge on any atom is -0.299 e. The fourth-order valence-electron chi connectivity index (χ4n) is 0.664. The van der Waals surface area contributed by atoms with Gasteiger partial charge in [-0.3, -0.25) is 4.79 Å². The number of hydrogen-bond donors (Lipinski definition) is 0. The number of Topliss-reactive ketones (excluding diaryl/α,β-unsaturated/α-hetero) is 1. The molecule has 0 aromatic heterocycles. The molecule has 2 heteroatoms. The molecule has 0 aromatic rings. The predicted octanol–water partition coefficient (Wildman–Crippen LogP) is 3.13. The molecule has 0 saturated heterocycles. The van der Waals surface area contributed by atoms with Crippen molar-refractivity contribution in [3.8, 4) is 0 Å². The summed E-state index contributed by atoms with van der Waals surface area (Å²) in [5, 5.41) is 0. The lowest BCUT2D eigenvalue weighted by Crippen LogP contribution is -2.06. The van der Waals surface area contributed by atoms with Crippen molar-refractivity contribution in [3.05, 3.63) is 11.1 Å². The summed E-state index contributed by atoms with van der Waals surface area (Å²) in [6, 6.07) is 0. The van der Waals surface area contributed by atoms with Crippen LogP contribution in [0.5, 0.6) is 0 Å². The molecule has 0 bridgehead atoms. The van der Waals surface area contributed by atoms with Crippen LogP contribution in [0, 0.1) is 5.92 Å². The molecule has 0 rings (SSSR count). The molecule has 11 heavy (non-hydrogen) atoms. The highest BCUT2D eigenvalue weighted by Crippen LogP contribution is 2.08. The first-order chi connectivity index (χ1) is 5.07. The molecule has 0 N–H and O–H groups in total. The summed E-state index contributed by atoms with van der Waals surface area (Å²) in [5.41, 5.74) is 2.61. The maximum Gasteiger partial charge on any atom is 0.135 e. The third-order valence-electron chi connectivity index (χ3n) is 1.60. The van der Waals surface area contributed by atoms with Crippen molar-refractivity contribution < 1.29 is 4.79 Å². The Bertz CT molecular complexity index is 159. The Kier molecular flexibility index (Phi) is 5.22. The second-order valence-corrected chi connectivity index (χ2v) is 3.29. The summed E-state index contributed by atoms with van der Waals surface area (Å²) < 4.78 is 0. The van der Waals surface area contributed by atoms with Gasteiger partial charge in [-0.15, -0.1) is 0 Å². The van der Waals surface area contributed by atoms with Gasteiger partial charge >= 0.3 is 0 Å². The van der Waals surface area contributed by atoms with Gasteiger partial charge in [0, 0.05) is 17.9 Å². The molecular weight excluding hydrogens is 160 g/mol. The molecule has 0 fully saturated rings. The van der Waals surface area contributed by atoms with Crippen molar-refractivity contribution >= 4 is 17.4 Å². The summed E-state index contributed by atoms with van der Waals surface area (Å²) in [6.45, 7) is 5.77. The number of carbonyl (C=O) groups excluding carboxylic acids is 1. The van der Waals surface area contributed by atoms with Crippen LogP contribution in [0.15, 0.2) is 11.1 Å². The first-order valence-corrected chi connectivity index (χ1v) is 4.30. The molecule has 1 nitrogen and oxygen atoms in total. The molecule has 0 spiro atoms. The summed E-state index contributed by atoms with van der Waals surface area (Å²) >= 11 is 5.44. The van der Waals surface area contributed by atoms with E-state index in [-0.39, 0.29) is 5.92 Å². The smallest absolute Gasteiger partial charge is 0.135 e. The first-order valence-electron chi connectivity index (χ1n) is 3.86. The van der Waals surface area contributed by atoms with Crippen molar-refractivity contribution in [2.75, 3.05) is 0 Å². The largest absolute Gasteiger partial charge is 0.299 e. The lowest BCUT2D eigenvalue weighted by atomic mass is 10.0. The van der Waals surface area contributed by atoms with Crippen LogP contribution in [-0.2, 0) is 4.79 Å². The lowest BCUT2D eigenvalue weighted by Gasteiger charge is -2.02. The number of allylic oxidation sites excluding steroid dienone is 1. The monoisotopic (exact) mass is 174 g/mol. The van der Waals surface area contributed by atoms with E-state index in [1.165, 1.54) is 5.54 Å². The average Bonchev–Trinajstić information content (AvgIpc) is 1.99. The van der Waals surface area contributed by atoms with Crippen LogP contribution in [0.4, 0.5) is 0 Å². The molecular formula is C9H15ClO. The van der Waals surface area contributed by atoms with Crippen LogP contribution in [0.3, 0.4) is 0 Å². The Morgan fingerprint density at radius 1 is 1.45 bits per heavy atom. The van der Waals surface area contributed by atoms with Gasteiger partial charge in [0.2, 0.25) is 0 Å². The number of hydrogen-bond acceptors (Lipinski definition) is 1. The van der Waals surface area contributed by atoms with Gasteiger partial charge in [0.15, 0.2) is 0 Å². The molecule has 0 unspecified atom stereocenters. The Morgan fingerprint density at radius 3 is 2.36 bits per heavy atom. The molecule has 0 aromatic carbocycles. The van der Waals surface area contributed by atoms with Crippen LogP contribution >= 0.6 is 11.6 Å². The molecule has 0 aliphatic rings. The third-order valence-corrected chi connectivity index (χ3v) is 1.97. The highest BCUT2D eigenvalue weighted by atomic mass is 35.5. The summed E-state index contributed by atoms with van der Waals surface area (Å²) in [5.74, 6) is 0.459. The maximum absolute atomic E-state index is 11.1. The standard InChI is InChI=1S/C9H15ClO/c1-7(2)9(11)5-4-8(3)6-10/h6-7H,4-5H2,1-3H3. The van der Waals surface area contributed by atoms with E-state index in [1.54, 1.807) is 0 Å². The van der Waals surface area contributed by atoms with Gasteiger partial charge in [-0.05, 0) is 13.3 Å². The third kappa shape index (κ3) is 5.02. The minimum atomic E-state index is 0.151. The van der Waals surface area contributed by atoms with Gasteiger partial charge in [-0.25, -0.2) is 0 Å². The van der Waals surface area contributed by atoms with E-state index in [1.807, 2.05) is 20.8 Å². The van der Waals surface area contributed by atoms with Gasteiger partial charge in [0.1, 0.15) is 5.78 Å². The van der Waals surface area contributed by atoms with E-state index < -0.39 is 0 Å². The van der Waals surface area contributed by atoms with Crippen molar-refractivity contribution in [1.82, 2.24) is 0 Å². The van der Waals surface area contributed by atoms with Gasteiger partial charge < -0.3 is 0 Å². The molecule has 0 saturated carbocycles. The minimum absolute atomic E-state index is 0.151.